The molecule has 2 rings (SSSR count). The summed E-state index contributed by atoms with van der Waals surface area (Å²) in [5, 5.41) is 6.64. The second-order valence-electron chi connectivity index (χ2n) is 5.26. The Kier molecular flexibility index (Phi) is 6.81. The highest BCUT2D eigenvalue weighted by atomic mass is 35.5. The lowest BCUT2D eigenvalue weighted by molar-refractivity contribution is -0.137. The van der Waals surface area contributed by atoms with Gasteiger partial charge in [-0.05, 0) is 30.3 Å². The van der Waals surface area contributed by atoms with Gasteiger partial charge in [0.1, 0.15) is 6.42 Å². The van der Waals surface area contributed by atoms with Crippen molar-refractivity contribution in [3.05, 3.63) is 63.6 Å². The Bertz CT molecular complexity index is 886. The normalized spacial score (nSPS) is 11.4. The van der Waals surface area contributed by atoms with E-state index in [-0.39, 0.29) is 5.69 Å². The summed E-state index contributed by atoms with van der Waals surface area (Å²) in [5.74, 6) is -1.53. The molecular formula is C17H12Cl2F3N3O2. The standard InChI is InChI=1S/C17H12Cl2F3N3O2/c18-12-5-4-10(14(19)7-12)9-23-25-16(27)8-15(26)24-13-3-1-2-11(6-13)17(20,21)22/h1-7,9H,8H2,(H,24,26)(H,25,27). The van der Waals surface area contributed by atoms with E-state index >= 15 is 0 Å². The maximum absolute atomic E-state index is 12.6. The van der Waals surface area contributed by atoms with Gasteiger partial charge in [-0.25, -0.2) is 5.43 Å². The van der Waals surface area contributed by atoms with E-state index in [0.29, 0.717) is 15.6 Å². The lowest BCUT2D eigenvalue weighted by Crippen LogP contribution is -2.24. The molecule has 0 fully saturated rings. The molecular weight excluding hydrogens is 406 g/mol. The van der Waals surface area contributed by atoms with Crippen molar-refractivity contribution >= 4 is 46.9 Å². The molecule has 27 heavy (non-hydrogen) atoms. The third-order valence-electron chi connectivity index (χ3n) is 3.15. The van der Waals surface area contributed by atoms with Crippen LogP contribution in [0.2, 0.25) is 10.0 Å². The second kappa shape index (κ2) is 8.88. The summed E-state index contributed by atoms with van der Waals surface area (Å²) in [4.78, 5) is 23.4. The lowest BCUT2D eigenvalue weighted by Gasteiger charge is -2.09. The summed E-state index contributed by atoms with van der Waals surface area (Å²) in [7, 11) is 0. The fraction of sp³-hybridized carbons (Fsp3) is 0.118. The summed E-state index contributed by atoms with van der Waals surface area (Å²) in [5.41, 5.74) is 1.64. The van der Waals surface area contributed by atoms with Gasteiger partial charge in [-0.1, -0.05) is 35.3 Å². The van der Waals surface area contributed by atoms with E-state index in [1.165, 1.54) is 18.3 Å². The SMILES string of the molecule is O=C(CC(=O)Nc1cccc(C(F)(F)F)c1)NN=Cc1ccc(Cl)cc1Cl. The van der Waals surface area contributed by atoms with Crippen LogP contribution in [0.4, 0.5) is 18.9 Å². The third kappa shape index (κ3) is 6.58. The molecule has 0 spiro atoms. The van der Waals surface area contributed by atoms with Crippen molar-refractivity contribution in [1.29, 1.82) is 0 Å². The molecule has 142 valence electrons. The largest absolute Gasteiger partial charge is 0.416 e. The van der Waals surface area contributed by atoms with E-state index in [0.717, 1.165) is 18.2 Å². The summed E-state index contributed by atoms with van der Waals surface area (Å²) < 4.78 is 37.9. The average molecular weight is 418 g/mol. The smallest absolute Gasteiger partial charge is 0.326 e. The van der Waals surface area contributed by atoms with Gasteiger partial charge in [0.15, 0.2) is 0 Å². The quantitative estimate of drug-likeness (QED) is 0.427. The molecule has 0 heterocycles. The van der Waals surface area contributed by atoms with Gasteiger partial charge in [0, 0.05) is 16.3 Å². The Balaban J connectivity index is 1.88. The lowest BCUT2D eigenvalue weighted by atomic mass is 10.2. The minimum absolute atomic E-state index is 0.0703. The summed E-state index contributed by atoms with van der Waals surface area (Å²) in [6.45, 7) is 0. The monoisotopic (exact) mass is 417 g/mol. The molecule has 0 bridgehead atoms. The summed E-state index contributed by atoms with van der Waals surface area (Å²) in [6.07, 6.45) is -3.89. The molecule has 0 aliphatic carbocycles. The van der Waals surface area contributed by atoms with Gasteiger partial charge in [-0.2, -0.15) is 18.3 Å². The van der Waals surface area contributed by atoms with Crippen LogP contribution in [0.3, 0.4) is 0 Å². The Labute approximate surface area is 162 Å². The number of anilines is 1. The Hall–Kier alpha value is -2.58. The highest BCUT2D eigenvalue weighted by molar-refractivity contribution is 6.36. The molecule has 2 aromatic rings. The van der Waals surface area contributed by atoms with E-state index in [9.17, 15) is 22.8 Å². The number of carbonyl (C=O) groups excluding carboxylic acids is 2. The van der Waals surface area contributed by atoms with E-state index in [1.807, 2.05) is 0 Å². The Morgan fingerprint density at radius 3 is 2.48 bits per heavy atom. The minimum Gasteiger partial charge on any atom is -0.326 e. The molecule has 10 heteroatoms. The zero-order chi connectivity index (χ0) is 20.0. The van der Waals surface area contributed by atoms with Crippen LogP contribution >= 0.6 is 23.2 Å². The predicted molar refractivity (Wildman–Crippen MR) is 96.9 cm³/mol. The Morgan fingerprint density at radius 2 is 1.81 bits per heavy atom. The number of carbonyl (C=O) groups is 2. The Morgan fingerprint density at radius 1 is 1.07 bits per heavy atom. The average Bonchev–Trinajstić information content (AvgIpc) is 2.56. The zero-order valence-electron chi connectivity index (χ0n) is 13.5. The first-order valence-corrected chi connectivity index (χ1v) is 8.15. The molecule has 0 aliphatic rings. The molecule has 2 aromatic carbocycles. The first-order valence-electron chi connectivity index (χ1n) is 7.39. The van der Waals surface area contributed by atoms with Crippen molar-refractivity contribution in [2.45, 2.75) is 12.6 Å². The van der Waals surface area contributed by atoms with Gasteiger partial charge >= 0.3 is 6.18 Å². The molecule has 0 aliphatic heterocycles. The number of amides is 2. The number of hydrogen-bond acceptors (Lipinski definition) is 3. The fourth-order valence-corrected chi connectivity index (χ4v) is 2.40. The van der Waals surface area contributed by atoms with Crippen molar-refractivity contribution in [3.63, 3.8) is 0 Å². The van der Waals surface area contributed by atoms with E-state index in [4.69, 9.17) is 23.2 Å². The highest BCUT2D eigenvalue weighted by Crippen LogP contribution is 2.30. The number of hydrogen-bond donors (Lipinski definition) is 2. The second-order valence-corrected chi connectivity index (χ2v) is 6.11. The van der Waals surface area contributed by atoms with Crippen molar-refractivity contribution in [2.75, 3.05) is 5.32 Å². The molecule has 0 radical (unpaired) electrons. The molecule has 2 N–H and O–H groups in total. The van der Waals surface area contributed by atoms with Crippen molar-refractivity contribution < 1.29 is 22.8 Å². The molecule has 0 saturated carbocycles. The van der Waals surface area contributed by atoms with Gasteiger partial charge in [-0.15, -0.1) is 0 Å². The van der Waals surface area contributed by atoms with Crippen LogP contribution in [0.5, 0.6) is 0 Å². The minimum atomic E-state index is -4.53. The van der Waals surface area contributed by atoms with Crippen LogP contribution < -0.4 is 10.7 Å². The van der Waals surface area contributed by atoms with E-state index in [2.05, 4.69) is 15.8 Å². The number of rotatable bonds is 5. The van der Waals surface area contributed by atoms with Gasteiger partial charge < -0.3 is 5.32 Å². The predicted octanol–water partition coefficient (Wildman–Crippen LogP) is 4.49. The van der Waals surface area contributed by atoms with Gasteiger partial charge in [0.05, 0.1) is 16.8 Å². The molecule has 5 nitrogen and oxygen atoms in total. The molecule has 0 aromatic heterocycles. The first-order chi connectivity index (χ1) is 12.6. The first kappa shape index (κ1) is 20.7. The summed E-state index contributed by atoms with van der Waals surface area (Å²) in [6, 6.07) is 8.74. The fourth-order valence-electron chi connectivity index (χ4n) is 1.94. The molecule has 2 amide bonds. The topological polar surface area (TPSA) is 70.6 Å². The molecule has 0 unspecified atom stereocenters. The number of nitrogens with one attached hydrogen (secondary N) is 2. The van der Waals surface area contributed by atoms with Crippen LogP contribution in [-0.4, -0.2) is 18.0 Å². The number of hydrazone groups is 1. The zero-order valence-corrected chi connectivity index (χ0v) is 15.0. The van der Waals surface area contributed by atoms with Gasteiger partial charge in [0.25, 0.3) is 0 Å². The van der Waals surface area contributed by atoms with Crippen molar-refractivity contribution in [1.82, 2.24) is 5.43 Å². The molecule has 0 saturated heterocycles. The van der Waals surface area contributed by atoms with Crippen LogP contribution in [0.25, 0.3) is 0 Å². The molecule has 0 atom stereocenters. The third-order valence-corrected chi connectivity index (χ3v) is 3.71. The van der Waals surface area contributed by atoms with Crippen molar-refractivity contribution in [3.8, 4) is 0 Å². The number of nitrogens with zero attached hydrogens (tertiary/aromatic N) is 1. The van der Waals surface area contributed by atoms with Gasteiger partial charge in [0.2, 0.25) is 11.8 Å². The van der Waals surface area contributed by atoms with Crippen LogP contribution in [0, 0.1) is 0 Å². The van der Waals surface area contributed by atoms with Gasteiger partial charge in [-0.3, -0.25) is 9.59 Å². The number of halogens is 5. The summed E-state index contributed by atoms with van der Waals surface area (Å²) >= 11 is 11.7. The van der Waals surface area contributed by atoms with Crippen LogP contribution in [-0.2, 0) is 15.8 Å². The number of benzene rings is 2. The van der Waals surface area contributed by atoms with E-state index < -0.39 is 30.0 Å². The maximum Gasteiger partial charge on any atom is 0.416 e. The maximum atomic E-state index is 12.6. The van der Waals surface area contributed by atoms with Crippen LogP contribution in [0.15, 0.2) is 47.6 Å². The van der Waals surface area contributed by atoms with Crippen molar-refractivity contribution in [2.24, 2.45) is 5.10 Å². The number of alkyl halides is 3. The van der Waals surface area contributed by atoms with E-state index in [1.54, 1.807) is 12.1 Å². The highest BCUT2D eigenvalue weighted by Gasteiger charge is 2.30. The van der Waals surface area contributed by atoms with Crippen LogP contribution in [0.1, 0.15) is 17.5 Å².